The van der Waals surface area contributed by atoms with Gasteiger partial charge in [0.25, 0.3) is 0 Å². The highest BCUT2D eigenvalue weighted by Gasteiger charge is 1.89. The Balaban J connectivity index is 4.37. The summed E-state index contributed by atoms with van der Waals surface area (Å²) in [5.41, 5.74) is 7.48. The first kappa shape index (κ1) is 11.0. The minimum Gasteiger partial charge on any atom is -0.402 e. The first-order valence-electron chi connectivity index (χ1n) is 4.35. The molecule has 0 amide bonds. The van der Waals surface area contributed by atoms with Crippen molar-refractivity contribution in [2.45, 2.75) is 27.2 Å². The fourth-order valence-electron chi connectivity index (χ4n) is 0.711. The summed E-state index contributed by atoms with van der Waals surface area (Å²) in [6, 6.07) is 0. The van der Waals surface area contributed by atoms with Crippen LogP contribution in [-0.2, 0) is 0 Å². The molecule has 0 bridgehead atoms. The van der Waals surface area contributed by atoms with Gasteiger partial charge >= 0.3 is 0 Å². The Morgan fingerprint density at radius 1 is 1.42 bits per heavy atom. The molecule has 0 aromatic carbocycles. The standard InChI is InChI=1S/C10H18N2/c1-4-6-7-10(9(3)11)8-12-5-2/h6-8H,4-5,11H2,1-3H3/b7-6-,10-9-,12-8?. The summed E-state index contributed by atoms with van der Waals surface area (Å²) in [5, 5.41) is 0. The van der Waals surface area contributed by atoms with E-state index in [9.17, 15) is 0 Å². The maximum absolute atomic E-state index is 5.66. The Kier molecular flexibility index (Phi) is 6.07. The first-order valence-corrected chi connectivity index (χ1v) is 4.35. The number of aliphatic imine (C=N–C) groups is 1. The molecule has 2 heteroatoms. The van der Waals surface area contributed by atoms with E-state index in [-0.39, 0.29) is 0 Å². The van der Waals surface area contributed by atoms with Crippen LogP contribution in [0.1, 0.15) is 27.2 Å². The monoisotopic (exact) mass is 166 g/mol. The van der Waals surface area contributed by atoms with Crippen LogP contribution in [0, 0.1) is 0 Å². The van der Waals surface area contributed by atoms with Crippen LogP contribution in [-0.4, -0.2) is 12.8 Å². The smallest absolute Gasteiger partial charge is 0.0361 e. The molecule has 0 aliphatic carbocycles. The molecule has 0 spiro atoms. The number of nitrogens with zero attached hydrogens (tertiary/aromatic N) is 1. The fourth-order valence-corrected chi connectivity index (χ4v) is 0.711. The first-order chi connectivity index (χ1) is 5.72. The minimum atomic E-state index is 0.802. The van der Waals surface area contributed by atoms with Crippen LogP contribution in [0.25, 0.3) is 0 Å². The summed E-state index contributed by atoms with van der Waals surface area (Å²) in [4.78, 5) is 4.13. The van der Waals surface area contributed by atoms with Crippen molar-refractivity contribution in [3.63, 3.8) is 0 Å². The van der Waals surface area contributed by atoms with E-state index in [1.54, 1.807) is 0 Å². The van der Waals surface area contributed by atoms with E-state index in [0.29, 0.717) is 0 Å². The van der Waals surface area contributed by atoms with Crippen LogP contribution in [0.5, 0.6) is 0 Å². The Morgan fingerprint density at radius 2 is 2.08 bits per heavy atom. The second-order valence-electron chi connectivity index (χ2n) is 2.58. The van der Waals surface area contributed by atoms with Crippen molar-refractivity contribution in [2.75, 3.05) is 6.54 Å². The third kappa shape index (κ3) is 4.72. The highest BCUT2D eigenvalue weighted by molar-refractivity contribution is 5.83. The molecule has 0 rings (SSSR count). The predicted octanol–water partition coefficient (Wildman–Crippen LogP) is 2.28. The Morgan fingerprint density at radius 3 is 2.50 bits per heavy atom. The van der Waals surface area contributed by atoms with E-state index >= 15 is 0 Å². The molecule has 0 aliphatic heterocycles. The molecule has 68 valence electrons. The van der Waals surface area contributed by atoms with E-state index in [4.69, 9.17) is 5.73 Å². The SMILES string of the molecule is CC/C=C\C(C=NCC)=C(/C)N. The molecule has 0 radical (unpaired) electrons. The number of nitrogens with two attached hydrogens (primary N) is 1. The van der Waals surface area contributed by atoms with Crippen LogP contribution < -0.4 is 5.73 Å². The largest absolute Gasteiger partial charge is 0.402 e. The third-order valence-corrected chi connectivity index (χ3v) is 1.40. The van der Waals surface area contributed by atoms with Crippen LogP contribution in [0.4, 0.5) is 0 Å². The maximum Gasteiger partial charge on any atom is 0.0361 e. The molecule has 0 fully saturated rings. The summed E-state index contributed by atoms with van der Waals surface area (Å²) >= 11 is 0. The van der Waals surface area contributed by atoms with Gasteiger partial charge < -0.3 is 5.73 Å². The van der Waals surface area contributed by atoms with Crippen molar-refractivity contribution >= 4 is 6.21 Å². The van der Waals surface area contributed by atoms with Gasteiger partial charge in [-0.05, 0) is 20.3 Å². The fraction of sp³-hybridized carbons (Fsp3) is 0.500. The molecular weight excluding hydrogens is 148 g/mol. The highest BCUT2D eigenvalue weighted by atomic mass is 14.7. The summed E-state index contributed by atoms with van der Waals surface area (Å²) in [5.74, 6) is 0. The van der Waals surface area contributed by atoms with Crippen molar-refractivity contribution in [1.82, 2.24) is 0 Å². The van der Waals surface area contributed by atoms with Gasteiger partial charge in [0, 0.05) is 24.0 Å². The van der Waals surface area contributed by atoms with Crippen LogP contribution in [0.3, 0.4) is 0 Å². The van der Waals surface area contributed by atoms with Gasteiger partial charge in [0.1, 0.15) is 0 Å². The lowest BCUT2D eigenvalue weighted by Gasteiger charge is -1.96. The minimum absolute atomic E-state index is 0.802. The quantitative estimate of drug-likeness (QED) is 0.505. The van der Waals surface area contributed by atoms with Crippen molar-refractivity contribution < 1.29 is 0 Å². The molecule has 0 saturated heterocycles. The van der Waals surface area contributed by atoms with Crippen LogP contribution in [0.2, 0.25) is 0 Å². The van der Waals surface area contributed by atoms with Crippen LogP contribution >= 0.6 is 0 Å². The second kappa shape index (κ2) is 6.65. The number of hydrogen-bond donors (Lipinski definition) is 1. The molecule has 0 aliphatic rings. The normalized spacial score (nSPS) is 14.2. The van der Waals surface area contributed by atoms with Crippen molar-refractivity contribution in [2.24, 2.45) is 10.7 Å². The molecular formula is C10H18N2. The third-order valence-electron chi connectivity index (χ3n) is 1.40. The van der Waals surface area contributed by atoms with E-state index in [1.165, 1.54) is 0 Å². The lowest BCUT2D eigenvalue weighted by atomic mass is 10.2. The lowest BCUT2D eigenvalue weighted by molar-refractivity contribution is 1.14. The molecule has 0 heterocycles. The summed E-state index contributed by atoms with van der Waals surface area (Å²) in [6.45, 7) is 6.79. The van der Waals surface area contributed by atoms with Gasteiger partial charge in [-0.2, -0.15) is 0 Å². The number of rotatable bonds is 4. The van der Waals surface area contributed by atoms with E-state index in [1.807, 2.05) is 26.1 Å². The van der Waals surface area contributed by atoms with Gasteiger partial charge in [-0.3, -0.25) is 4.99 Å². The lowest BCUT2D eigenvalue weighted by Crippen LogP contribution is -1.97. The van der Waals surface area contributed by atoms with Crippen molar-refractivity contribution in [3.8, 4) is 0 Å². The molecule has 2 N–H and O–H groups in total. The zero-order valence-corrected chi connectivity index (χ0v) is 8.17. The molecule has 0 aromatic rings. The van der Waals surface area contributed by atoms with Gasteiger partial charge in [0.2, 0.25) is 0 Å². The van der Waals surface area contributed by atoms with E-state index < -0.39 is 0 Å². The zero-order valence-electron chi connectivity index (χ0n) is 8.17. The zero-order chi connectivity index (χ0) is 9.40. The maximum atomic E-state index is 5.66. The van der Waals surface area contributed by atoms with E-state index in [2.05, 4.69) is 18.0 Å². The topological polar surface area (TPSA) is 38.4 Å². The molecule has 0 unspecified atom stereocenters. The molecule has 12 heavy (non-hydrogen) atoms. The van der Waals surface area contributed by atoms with Gasteiger partial charge in [-0.25, -0.2) is 0 Å². The highest BCUT2D eigenvalue weighted by Crippen LogP contribution is 1.98. The Hall–Kier alpha value is -1.05. The molecule has 0 saturated carbocycles. The average Bonchev–Trinajstić information content (AvgIpc) is 2.04. The van der Waals surface area contributed by atoms with Gasteiger partial charge in [0.05, 0.1) is 0 Å². The average molecular weight is 166 g/mol. The molecule has 0 atom stereocenters. The Bertz CT molecular complexity index is 180. The molecule has 0 aromatic heterocycles. The molecule has 2 nitrogen and oxygen atoms in total. The van der Waals surface area contributed by atoms with Gasteiger partial charge in [-0.15, -0.1) is 0 Å². The predicted molar refractivity (Wildman–Crippen MR) is 55.4 cm³/mol. The summed E-state index contributed by atoms with van der Waals surface area (Å²) in [6.07, 6.45) is 6.93. The van der Waals surface area contributed by atoms with Crippen molar-refractivity contribution in [1.29, 1.82) is 0 Å². The van der Waals surface area contributed by atoms with Gasteiger partial charge in [-0.1, -0.05) is 19.1 Å². The van der Waals surface area contributed by atoms with Crippen molar-refractivity contribution in [3.05, 3.63) is 23.4 Å². The summed E-state index contributed by atoms with van der Waals surface area (Å²) in [7, 11) is 0. The van der Waals surface area contributed by atoms with Gasteiger partial charge in [0.15, 0.2) is 0 Å². The second-order valence-corrected chi connectivity index (χ2v) is 2.58. The summed E-state index contributed by atoms with van der Waals surface area (Å²) < 4.78 is 0. The van der Waals surface area contributed by atoms with Crippen LogP contribution in [0.15, 0.2) is 28.4 Å². The Labute approximate surface area is 74.9 Å². The number of hydrogen-bond acceptors (Lipinski definition) is 2. The van der Waals surface area contributed by atoms with E-state index in [0.717, 1.165) is 24.2 Å². The number of allylic oxidation sites excluding steroid dienone is 4.